The van der Waals surface area contributed by atoms with Crippen molar-refractivity contribution in [3.8, 4) is 11.5 Å². The lowest BCUT2D eigenvalue weighted by molar-refractivity contribution is 0.0571. The van der Waals surface area contributed by atoms with Gasteiger partial charge in [-0.15, -0.1) is 0 Å². The second-order valence-electron chi connectivity index (χ2n) is 7.04. The van der Waals surface area contributed by atoms with E-state index in [1.54, 1.807) is 59.2 Å². The molecule has 0 bridgehead atoms. The van der Waals surface area contributed by atoms with Crippen molar-refractivity contribution in [2.24, 2.45) is 0 Å². The van der Waals surface area contributed by atoms with Crippen LogP contribution < -0.4 is 14.8 Å². The number of methoxy groups -OCH3 is 2. The van der Waals surface area contributed by atoms with Gasteiger partial charge in [-0.2, -0.15) is 0 Å². The number of benzene rings is 2. The van der Waals surface area contributed by atoms with E-state index in [9.17, 15) is 14.4 Å². The first kappa shape index (κ1) is 22.9. The highest BCUT2D eigenvalue weighted by molar-refractivity contribution is 6.10. The Balaban J connectivity index is 1.73. The molecule has 0 aliphatic carbocycles. The predicted octanol–water partition coefficient (Wildman–Crippen LogP) is 2.87. The van der Waals surface area contributed by atoms with E-state index in [0.29, 0.717) is 61.1 Å². The molecule has 0 atom stereocenters. The fourth-order valence-electron chi connectivity index (χ4n) is 3.43. The predicted molar refractivity (Wildman–Crippen MR) is 118 cm³/mol. The highest BCUT2D eigenvalue weighted by Gasteiger charge is 2.27. The van der Waals surface area contributed by atoms with Gasteiger partial charge in [0.1, 0.15) is 11.5 Å². The average molecular weight is 441 g/mol. The zero-order valence-electron chi connectivity index (χ0n) is 18.4. The summed E-state index contributed by atoms with van der Waals surface area (Å²) >= 11 is 0. The van der Waals surface area contributed by atoms with Crippen LogP contribution in [0.3, 0.4) is 0 Å². The normalized spacial score (nSPS) is 13.3. The molecule has 2 aromatic carbocycles. The van der Waals surface area contributed by atoms with Crippen LogP contribution in [0.2, 0.25) is 0 Å². The third-order valence-corrected chi connectivity index (χ3v) is 5.15. The largest absolute Gasteiger partial charge is 0.497 e. The van der Waals surface area contributed by atoms with Crippen LogP contribution >= 0.6 is 0 Å². The van der Waals surface area contributed by atoms with Gasteiger partial charge in [0.25, 0.3) is 11.8 Å². The molecule has 9 heteroatoms. The first-order valence-corrected chi connectivity index (χ1v) is 10.3. The molecule has 1 aliphatic heterocycles. The number of carbonyl (C=O) groups is 3. The van der Waals surface area contributed by atoms with Crippen molar-refractivity contribution in [3.05, 3.63) is 53.6 Å². The molecule has 1 saturated heterocycles. The van der Waals surface area contributed by atoms with Gasteiger partial charge in [-0.05, 0) is 31.2 Å². The Morgan fingerprint density at radius 3 is 2.25 bits per heavy atom. The van der Waals surface area contributed by atoms with E-state index in [1.165, 1.54) is 14.2 Å². The molecule has 9 nitrogen and oxygen atoms in total. The van der Waals surface area contributed by atoms with Crippen LogP contribution in [0.15, 0.2) is 42.5 Å². The third kappa shape index (κ3) is 5.11. The Labute approximate surface area is 186 Å². The van der Waals surface area contributed by atoms with Crippen molar-refractivity contribution in [3.63, 3.8) is 0 Å². The standard InChI is InChI=1S/C23H27N3O6/c1-4-32-23(29)26-13-11-25(12-14-26)22(28)17-7-5-6-8-19(17)24-21(27)18-10-9-16(30-2)15-20(18)31-3/h5-10,15H,4,11-14H2,1-3H3,(H,24,27). The molecule has 170 valence electrons. The maximum Gasteiger partial charge on any atom is 0.409 e. The lowest BCUT2D eigenvalue weighted by Gasteiger charge is -2.34. The number of anilines is 1. The van der Waals surface area contributed by atoms with E-state index in [4.69, 9.17) is 14.2 Å². The summed E-state index contributed by atoms with van der Waals surface area (Å²) in [5.41, 5.74) is 1.09. The maximum absolute atomic E-state index is 13.1. The molecule has 1 heterocycles. The molecule has 32 heavy (non-hydrogen) atoms. The molecule has 0 spiro atoms. The highest BCUT2D eigenvalue weighted by Crippen LogP contribution is 2.26. The lowest BCUT2D eigenvalue weighted by atomic mass is 10.1. The summed E-state index contributed by atoms with van der Waals surface area (Å²) in [4.78, 5) is 41.2. The summed E-state index contributed by atoms with van der Waals surface area (Å²) < 4.78 is 15.5. The first-order valence-electron chi connectivity index (χ1n) is 10.3. The molecule has 3 rings (SSSR count). The van der Waals surface area contributed by atoms with Crippen molar-refractivity contribution >= 4 is 23.6 Å². The summed E-state index contributed by atoms with van der Waals surface area (Å²) in [6.45, 7) is 3.61. The minimum atomic E-state index is -0.406. The summed E-state index contributed by atoms with van der Waals surface area (Å²) in [6.07, 6.45) is -0.374. The fraction of sp³-hybridized carbons (Fsp3) is 0.348. The number of amides is 3. The summed E-state index contributed by atoms with van der Waals surface area (Å²) in [6, 6.07) is 11.7. The number of hydrogen-bond donors (Lipinski definition) is 1. The van der Waals surface area contributed by atoms with Gasteiger partial charge in [0.05, 0.1) is 37.6 Å². The number of nitrogens with zero attached hydrogens (tertiary/aromatic N) is 2. The Kier molecular flexibility index (Phi) is 7.54. The van der Waals surface area contributed by atoms with E-state index in [-0.39, 0.29) is 12.0 Å². The SMILES string of the molecule is CCOC(=O)N1CCN(C(=O)c2ccccc2NC(=O)c2ccc(OC)cc2OC)CC1. The second kappa shape index (κ2) is 10.5. The number of carbonyl (C=O) groups excluding carboxylic acids is 3. The molecule has 2 aromatic rings. The zero-order valence-corrected chi connectivity index (χ0v) is 18.4. The second-order valence-corrected chi connectivity index (χ2v) is 7.04. The summed E-state index contributed by atoms with van der Waals surface area (Å²) in [7, 11) is 3.00. The number of hydrogen-bond acceptors (Lipinski definition) is 6. The molecule has 1 aliphatic rings. The summed E-state index contributed by atoms with van der Waals surface area (Å²) in [5.74, 6) is 0.305. The Bertz CT molecular complexity index is 985. The number of rotatable bonds is 6. The maximum atomic E-state index is 13.1. The number of piperazine rings is 1. The van der Waals surface area contributed by atoms with Crippen molar-refractivity contribution in [2.75, 3.05) is 52.3 Å². The van der Waals surface area contributed by atoms with E-state index in [2.05, 4.69) is 5.32 Å². The molecule has 0 unspecified atom stereocenters. The summed E-state index contributed by atoms with van der Waals surface area (Å²) in [5, 5.41) is 2.81. The van der Waals surface area contributed by atoms with Gasteiger partial charge in [0.15, 0.2) is 0 Å². The fourth-order valence-corrected chi connectivity index (χ4v) is 3.43. The minimum Gasteiger partial charge on any atom is -0.497 e. The van der Waals surface area contributed by atoms with Gasteiger partial charge in [-0.3, -0.25) is 9.59 Å². The van der Waals surface area contributed by atoms with Crippen LogP contribution in [0.25, 0.3) is 0 Å². The van der Waals surface area contributed by atoms with Crippen LogP contribution in [0.5, 0.6) is 11.5 Å². The Morgan fingerprint density at radius 1 is 0.906 bits per heavy atom. The van der Waals surface area contributed by atoms with Crippen LogP contribution in [0.1, 0.15) is 27.6 Å². The van der Waals surface area contributed by atoms with Crippen molar-refractivity contribution in [1.29, 1.82) is 0 Å². The molecule has 0 aromatic heterocycles. The molecule has 1 N–H and O–H groups in total. The number of nitrogens with one attached hydrogen (secondary N) is 1. The van der Waals surface area contributed by atoms with Crippen molar-refractivity contribution < 1.29 is 28.6 Å². The van der Waals surface area contributed by atoms with Crippen molar-refractivity contribution in [1.82, 2.24) is 9.80 Å². The van der Waals surface area contributed by atoms with Gasteiger partial charge >= 0.3 is 6.09 Å². The van der Waals surface area contributed by atoms with E-state index < -0.39 is 5.91 Å². The van der Waals surface area contributed by atoms with Crippen LogP contribution in [0.4, 0.5) is 10.5 Å². The smallest absolute Gasteiger partial charge is 0.409 e. The average Bonchev–Trinajstić information content (AvgIpc) is 2.83. The van der Waals surface area contributed by atoms with Crippen LogP contribution in [-0.4, -0.2) is 74.7 Å². The van der Waals surface area contributed by atoms with E-state index >= 15 is 0 Å². The Hall–Kier alpha value is -3.75. The topological polar surface area (TPSA) is 97.4 Å². The Morgan fingerprint density at radius 2 is 1.59 bits per heavy atom. The van der Waals surface area contributed by atoms with Crippen LogP contribution in [-0.2, 0) is 4.74 Å². The van der Waals surface area contributed by atoms with Gasteiger partial charge in [0.2, 0.25) is 0 Å². The van der Waals surface area contributed by atoms with Crippen LogP contribution in [0, 0.1) is 0 Å². The monoisotopic (exact) mass is 441 g/mol. The third-order valence-electron chi connectivity index (χ3n) is 5.15. The number of para-hydroxylation sites is 1. The van der Waals surface area contributed by atoms with Gasteiger partial charge in [-0.25, -0.2) is 4.79 Å². The lowest BCUT2D eigenvalue weighted by Crippen LogP contribution is -2.50. The number of ether oxygens (including phenoxy) is 3. The quantitative estimate of drug-likeness (QED) is 0.740. The van der Waals surface area contributed by atoms with Crippen molar-refractivity contribution in [2.45, 2.75) is 6.92 Å². The van der Waals surface area contributed by atoms with Gasteiger partial charge in [-0.1, -0.05) is 12.1 Å². The minimum absolute atomic E-state index is 0.217. The highest BCUT2D eigenvalue weighted by atomic mass is 16.6. The van der Waals surface area contributed by atoms with E-state index in [0.717, 1.165) is 0 Å². The molecular formula is C23H27N3O6. The van der Waals surface area contributed by atoms with Gasteiger partial charge in [0, 0.05) is 32.2 Å². The molecule has 0 saturated carbocycles. The molecule has 0 radical (unpaired) electrons. The molecule has 3 amide bonds. The molecular weight excluding hydrogens is 414 g/mol. The van der Waals surface area contributed by atoms with Gasteiger partial charge < -0.3 is 29.3 Å². The first-order chi connectivity index (χ1) is 15.5. The zero-order chi connectivity index (χ0) is 23.1. The molecule has 1 fully saturated rings. The van der Waals surface area contributed by atoms with E-state index in [1.807, 2.05) is 0 Å².